The summed E-state index contributed by atoms with van der Waals surface area (Å²) in [6, 6.07) is 10.4. The van der Waals surface area contributed by atoms with E-state index in [9.17, 15) is 25.0 Å². The van der Waals surface area contributed by atoms with Gasteiger partial charge < -0.3 is 4.74 Å². The van der Waals surface area contributed by atoms with Gasteiger partial charge in [0.1, 0.15) is 6.10 Å². The van der Waals surface area contributed by atoms with Crippen molar-refractivity contribution in [3.8, 4) is 0 Å². The molecule has 2 aromatic rings. The van der Waals surface area contributed by atoms with E-state index in [2.05, 4.69) is 0 Å². The third kappa shape index (κ3) is 3.47. The molecule has 0 spiro atoms. The second kappa shape index (κ2) is 6.68. The minimum Gasteiger partial charge on any atom is -0.454 e. The van der Waals surface area contributed by atoms with Gasteiger partial charge in [-0.3, -0.25) is 20.2 Å². The first-order valence-electron chi connectivity index (χ1n) is 7.68. The summed E-state index contributed by atoms with van der Waals surface area (Å²) in [7, 11) is 0. The highest BCUT2D eigenvalue weighted by atomic mass is 16.6. The van der Waals surface area contributed by atoms with E-state index in [1.165, 1.54) is 0 Å². The highest BCUT2D eigenvalue weighted by molar-refractivity contribution is 5.91. The molecule has 128 valence electrons. The summed E-state index contributed by atoms with van der Waals surface area (Å²) in [6.07, 6.45) is 1.92. The summed E-state index contributed by atoms with van der Waals surface area (Å²) in [6.45, 7) is 0. The molecule has 0 amide bonds. The van der Waals surface area contributed by atoms with Gasteiger partial charge in [0, 0.05) is 12.1 Å². The Morgan fingerprint density at radius 2 is 1.68 bits per heavy atom. The number of carbonyl (C=O) groups is 1. The molecule has 0 saturated heterocycles. The van der Waals surface area contributed by atoms with Crippen LogP contribution in [-0.4, -0.2) is 15.8 Å². The molecule has 8 nitrogen and oxygen atoms in total. The smallest absolute Gasteiger partial charge is 0.339 e. The van der Waals surface area contributed by atoms with Gasteiger partial charge in [-0.1, -0.05) is 24.3 Å². The maximum Gasteiger partial charge on any atom is 0.339 e. The quantitative estimate of drug-likeness (QED) is 0.475. The van der Waals surface area contributed by atoms with Gasteiger partial charge in [0.25, 0.3) is 11.4 Å². The summed E-state index contributed by atoms with van der Waals surface area (Å²) in [5.41, 5.74) is 0.748. The summed E-state index contributed by atoms with van der Waals surface area (Å²) in [5, 5.41) is 21.9. The lowest BCUT2D eigenvalue weighted by atomic mass is 9.89. The number of carbonyl (C=O) groups excluding carboxylic acids is 1. The van der Waals surface area contributed by atoms with E-state index in [0.29, 0.717) is 6.42 Å². The Balaban J connectivity index is 1.89. The molecule has 0 bridgehead atoms. The summed E-state index contributed by atoms with van der Waals surface area (Å²) in [5.74, 6) is -0.812. The molecule has 1 aliphatic carbocycles. The average Bonchev–Trinajstić information content (AvgIpc) is 2.61. The van der Waals surface area contributed by atoms with Crippen LogP contribution < -0.4 is 0 Å². The van der Waals surface area contributed by atoms with E-state index in [-0.39, 0.29) is 5.56 Å². The third-order valence-electron chi connectivity index (χ3n) is 4.12. The van der Waals surface area contributed by atoms with Crippen LogP contribution in [0.2, 0.25) is 0 Å². The lowest BCUT2D eigenvalue weighted by Crippen LogP contribution is -2.17. The van der Waals surface area contributed by atoms with Gasteiger partial charge >= 0.3 is 5.97 Å². The molecule has 0 aromatic heterocycles. The average molecular weight is 342 g/mol. The van der Waals surface area contributed by atoms with Crippen LogP contribution in [0.1, 0.15) is 40.4 Å². The number of benzene rings is 2. The van der Waals surface area contributed by atoms with Crippen molar-refractivity contribution >= 4 is 17.3 Å². The lowest BCUT2D eigenvalue weighted by molar-refractivity contribution is -0.394. The van der Waals surface area contributed by atoms with E-state index in [0.717, 1.165) is 42.2 Å². The van der Waals surface area contributed by atoms with Gasteiger partial charge in [0.15, 0.2) is 0 Å². The topological polar surface area (TPSA) is 113 Å². The maximum atomic E-state index is 12.4. The monoisotopic (exact) mass is 342 g/mol. The Morgan fingerprint density at radius 1 is 1.04 bits per heavy atom. The van der Waals surface area contributed by atoms with E-state index >= 15 is 0 Å². The van der Waals surface area contributed by atoms with Crippen LogP contribution in [0.15, 0.2) is 42.5 Å². The van der Waals surface area contributed by atoms with Crippen LogP contribution in [0.3, 0.4) is 0 Å². The predicted octanol–water partition coefficient (Wildman–Crippen LogP) is 3.74. The normalized spacial score (nSPS) is 15.9. The number of hydrogen-bond acceptors (Lipinski definition) is 6. The number of nitro groups is 2. The van der Waals surface area contributed by atoms with Crippen LogP contribution in [-0.2, 0) is 11.2 Å². The SMILES string of the molecule is O=C(OC1CCCc2ccccc21)c1cc([N+](=O)[O-])cc([N+](=O)[O-])c1. The highest BCUT2D eigenvalue weighted by Gasteiger charge is 2.26. The standard InChI is InChI=1S/C17H14N2O6/c20-17(12-8-13(18(21)22)10-14(9-12)19(23)24)25-16-7-3-5-11-4-1-2-6-15(11)16/h1-2,4,6,8-10,16H,3,5,7H2. The molecule has 3 rings (SSSR count). The molecule has 8 heteroatoms. The van der Waals surface area contributed by atoms with Crippen molar-refractivity contribution < 1.29 is 19.4 Å². The fourth-order valence-corrected chi connectivity index (χ4v) is 2.95. The minimum absolute atomic E-state index is 0.205. The molecule has 0 N–H and O–H groups in total. The molecular weight excluding hydrogens is 328 g/mol. The van der Waals surface area contributed by atoms with Crippen molar-refractivity contribution in [1.82, 2.24) is 0 Å². The van der Waals surface area contributed by atoms with Gasteiger partial charge in [-0.25, -0.2) is 4.79 Å². The van der Waals surface area contributed by atoms with Crippen LogP contribution in [0.4, 0.5) is 11.4 Å². The fraction of sp³-hybridized carbons (Fsp3) is 0.235. The molecule has 0 heterocycles. The number of ether oxygens (including phenoxy) is 1. The number of rotatable bonds is 4. The number of non-ortho nitro benzene ring substituents is 2. The Morgan fingerprint density at radius 3 is 2.32 bits per heavy atom. The van der Waals surface area contributed by atoms with Crippen molar-refractivity contribution in [3.63, 3.8) is 0 Å². The first-order chi connectivity index (χ1) is 12.0. The van der Waals surface area contributed by atoms with Crippen LogP contribution in [0.25, 0.3) is 0 Å². The zero-order valence-corrected chi connectivity index (χ0v) is 13.1. The Bertz CT molecular complexity index is 832. The van der Waals surface area contributed by atoms with E-state index in [1.54, 1.807) is 0 Å². The van der Waals surface area contributed by atoms with Gasteiger partial charge in [-0.05, 0) is 30.4 Å². The number of hydrogen-bond donors (Lipinski definition) is 0. The first-order valence-corrected chi connectivity index (χ1v) is 7.68. The molecule has 2 aromatic carbocycles. The largest absolute Gasteiger partial charge is 0.454 e. The zero-order chi connectivity index (χ0) is 18.0. The second-order valence-electron chi connectivity index (χ2n) is 5.74. The molecule has 1 atom stereocenters. The van der Waals surface area contributed by atoms with Crippen LogP contribution >= 0.6 is 0 Å². The number of fused-ring (bicyclic) bond motifs is 1. The van der Waals surface area contributed by atoms with E-state index in [1.807, 2.05) is 24.3 Å². The Kier molecular flexibility index (Phi) is 4.42. The Labute approximate surface area is 142 Å². The molecule has 25 heavy (non-hydrogen) atoms. The van der Waals surface area contributed by atoms with E-state index < -0.39 is 33.3 Å². The van der Waals surface area contributed by atoms with Crippen molar-refractivity contribution in [2.45, 2.75) is 25.4 Å². The van der Waals surface area contributed by atoms with Crippen molar-refractivity contribution in [1.29, 1.82) is 0 Å². The summed E-state index contributed by atoms with van der Waals surface area (Å²) in [4.78, 5) is 32.7. The van der Waals surface area contributed by atoms with Crippen molar-refractivity contribution in [3.05, 3.63) is 79.4 Å². The number of nitrogens with zero attached hydrogens (tertiary/aromatic N) is 2. The summed E-state index contributed by atoms with van der Waals surface area (Å²) >= 11 is 0. The van der Waals surface area contributed by atoms with E-state index in [4.69, 9.17) is 4.74 Å². The number of aryl methyl sites for hydroxylation is 1. The number of nitro benzene ring substituents is 2. The van der Waals surface area contributed by atoms with Crippen LogP contribution in [0, 0.1) is 20.2 Å². The summed E-state index contributed by atoms with van der Waals surface area (Å²) < 4.78 is 5.49. The first kappa shape index (κ1) is 16.6. The van der Waals surface area contributed by atoms with Crippen LogP contribution in [0.5, 0.6) is 0 Å². The maximum absolute atomic E-state index is 12.4. The molecule has 1 unspecified atom stereocenters. The lowest BCUT2D eigenvalue weighted by Gasteiger charge is -2.25. The molecular formula is C17H14N2O6. The van der Waals surface area contributed by atoms with Gasteiger partial charge in [-0.2, -0.15) is 0 Å². The molecule has 0 aliphatic heterocycles. The van der Waals surface area contributed by atoms with Gasteiger partial charge in [0.2, 0.25) is 0 Å². The molecule has 0 saturated carbocycles. The second-order valence-corrected chi connectivity index (χ2v) is 5.74. The predicted molar refractivity (Wildman–Crippen MR) is 87.3 cm³/mol. The fourth-order valence-electron chi connectivity index (χ4n) is 2.95. The number of esters is 1. The molecule has 0 radical (unpaired) electrons. The molecule has 1 aliphatic rings. The molecule has 0 fully saturated rings. The highest BCUT2D eigenvalue weighted by Crippen LogP contribution is 2.33. The van der Waals surface area contributed by atoms with Crippen molar-refractivity contribution in [2.24, 2.45) is 0 Å². The van der Waals surface area contributed by atoms with Gasteiger partial charge in [-0.15, -0.1) is 0 Å². The van der Waals surface area contributed by atoms with Crippen molar-refractivity contribution in [2.75, 3.05) is 0 Å². The third-order valence-corrected chi connectivity index (χ3v) is 4.12. The Hall–Kier alpha value is -3.29. The zero-order valence-electron chi connectivity index (χ0n) is 13.1. The minimum atomic E-state index is -0.812. The van der Waals surface area contributed by atoms with Gasteiger partial charge in [0.05, 0.1) is 21.5 Å².